The molecule has 0 radical (unpaired) electrons. The third-order valence-corrected chi connectivity index (χ3v) is 2.65. The fourth-order valence-corrected chi connectivity index (χ4v) is 1.82. The molecule has 0 aromatic carbocycles. The molecule has 3 nitrogen and oxygen atoms in total. The number of aryl methyl sites for hydroxylation is 2. The molecule has 0 amide bonds. The van der Waals surface area contributed by atoms with E-state index in [0.29, 0.717) is 0 Å². The van der Waals surface area contributed by atoms with Gasteiger partial charge in [0.05, 0.1) is 5.69 Å². The molecule has 0 saturated carbocycles. The van der Waals surface area contributed by atoms with E-state index in [1.807, 2.05) is 31.4 Å². The number of nitrogens with zero attached hydrogens (tertiary/aromatic N) is 2. The van der Waals surface area contributed by atoms with Crippen molar-refractivity contribution in [2.75, 3.05) is 5.32 Å². The Balaban J connectivity index is 2.18. The highest BCUT2D eigenvalue weighted by Crippen LogP contribution is 2.19. The van der Waals surface area contributed by atoms with Gasteiger partial charge >= 0.3 is 0 Å². The molecule has 2 heterocycles. The third-order valence-electron chi connectivity index (χ3n) is 1.77. The molecular formula is C10H11N3S. The number of aromatic nitrogens is 2. The Morgan fingerprint density at radius 2 is 2.21 bits per heavy atom. The van der Waals surface area contributed by atoms with Crippen LogP contribution >= 0.6 is 11.3 Å². The average molecular weight is 205 g/mol. The fourth-order valence-electron chi connectivity index (χ4n) is 1.13. The van der Waals surface area contributed by atoms with Crippen LogP contribution in [0.4, 0.5) is 10.9 Å². The monoisotopic (exact) mass is 205 g/mol. The molecular weight excluding hydrogens is 194 g/mol. The summed E-state index contributed by atoms with van der Waals surface area (Å²) in [6.07, 6.45) is 1.79. The predicted molar refractivity (Wildman–Crippen MR) is 59.1 cm³/mol. The minimum atomic E-state index is 0.847. The second kappa shape index (κ2) is 3.75. The normalized spacial score (nSPS) is 10.1. The van der Waals surface area contributed by atoms with E-state index in [2.05, 4.69) is 15.3 Å². The van der Waals surface area contributed by atoms with E-state index in [9.17, 15) is 0 Å². The Bertz CT molecular complexity index is 436. The largest absolute Gasteiger partial charge is 0.316 e. The lowest BCUT2D eigenvalue weighted by molar-refractivity contribution is 1.23. The lowest BCUT2D eigenvalue weighted by atomic mass is 10.3. The molecule has 0 saturated heterocycles. The highest BCUT2D eigenvalue weighted by atomic mass is 32.1. The van der Waals surface area contributed by atoms with Crippen LogP contribution in [0.2, 0.25) is 0 Å². The molecule has 0 aliphatic heterocycles. The van der Waals surface area contributed by atoms with Crippen molar-refractivity contribution in [3.63, 3.8) is 0 Å². The Morgan fingerprint density at radius 3 is 2.86 bits per heavy atom. The Morgan fingerprint density at radius 1 is 1.36 bits per heavy atom. The molecule has 0 atom stereocenters. The van der Waals surface area contributed by atoms with Gasteiger partial charge in [-0.25, -0.2) is 9.97 Å². The first-order valence-electron chi connectivity index (χ1n) is 4.36. The van der Waals surface area contributed by atoms with Crippen LogP contribution < -0.4 is 5.32 Å². The number of pyridine rings is 1. The lowest BCUT2D eigenvalue weighted by Crippen LogP contribution is -1.92. The molecule has 0 aliphatic rings. The van der Waals surface area contributed by atoms with Gasteiger partial charge in [-0.15, -0.1) is 11.3 Å². The van der Waals surface area contributed by atoms with E-state index in [0.717, 1.165) is 16.6 Å². The third kappa shape index (κ3) is 2.09. The van der Waals surface area contributed by atoms with Crippen LogP contribution in [0.3, 0.4) is 0 Å². The molecule has 0 spiro atoms. The molecule has 2 aromatic heterocycles. The molecule has 0 aliphatic carbocycles. The summed E-state index contributed by atoms with van der Waals surface area (Å²) < 4.78 is 0. The standard InChI is InChI=1S/C10H11N3S/c1-7-3-4-11-9(5-7)13-10-12-8(2)6-14-10/h3-6H,1-2H3,(H,11,12,13). The number of nitrogens with one attached hydrogen (secondary N) is 1. The van der Waals surface area contributed by atoms with Crippen molar-refractivity contribution in [2.45, 2.75) is 13.8 Å². The quantitative estimate of drug-likeness (QED) is 0.819. The molecule has 2 rings (SSSR count). The van der Waals surface area contributed by atoms with Gasteiger partial charge in [-0.2, -0.15) is 0 Å². The number of hydrogen-bond donors (Lipinski definition) is 1. The van der Waals surface area contributed by atoms with Gasteiger partial charge in [0.1, 0.15) is 5.82 Å². The summed E-state index contributed by atoms with van der Waals surface area (Å²) in [5.41, 5.74) is 2.22. The number of hydrogen-bond acceptors (Lipinski definition) is 4. The van der Waals surface area contributed by atoms with E-state index in [-0.39, 0.29) is 0 Å². The van der Waals surface area contributed by atoms with Gasteiger partial charge in [0, 0.05) is 11.6 Å². The van der Waals surface area contributed by atoms with Crippen molar-refractivity contribution in [3.8, 4) is 0 Å². The summed E-state index contributed by atoms with van der Waals surface area (Å²) in [4.78, 5) is 8.50. The number of anilines is 2. The van der Waals surface area contributed by atoms with Crippen molar-refractivity contribution in [3.05, 3.63) is 35.0 Å². The summed E-state index contributed by atoms with van der Waals surface area (Å²) in [6.45, 7) is 4.02. The van der Waals surface area contributed by atoms with E-state index >= 15 is 0 Å². The van der Waals surface area contributed by atoms with E-state index < -0.39 is 0 Å². The van der Waals surface area contributed by atoms with E-state index in [4.69, 9.17) is 0 Å². The van der Waals surface area contributed by atoms with Crippen molar-refractivity contribution in [1.82, 2.24) is 9.97 Å². The first-order valence-corrected chi connectivity index (χ1v) is 5.24. The van der Waals surface area contributed by atoms with Crippen molar-refractivity contribution in [1.29, 1.82) is 0 Å². The summed E-state index contributed by atoms with van der Waals surface area (Å²) in [5, 5.41) is 6.06. The summed E-state index contributed by atoms with van der Waals surface area (Å²) in [5.74, 6) is 0.847. The smallest absolute Gasteiger partial charge is 0.188 e. The van der Waals surface area contributed by atoms with E-state index in [1.165, 1.54) is 5.56 Å². The minimum Gasteiger partial charge on any atom is -0.316 e. The maximum atomic E-state index is 4.30. The molecule has 0 fully saturated rings. The highest BCUT2D eigenvalue weighted by molar-refractivity contribution is 7.13. The van der Waals surface area contributed by atoms with Crippen LogP contribution in [-0.2, 0) is 0 Å². The zero-order valence-electron chi connectivity index (χ0n) is 8.11. The predicted octanol–water partition coefficient (Wildman–Crippen LogP) is 2.90. The van der Waals surface area contributed by atoms with Crippen LogP contribution in [-0.4, -0.2) is 9.97 Å². The van der Waals surface area contributed by atoms with Gasteiger partial charge in [0.25, 0.3) is 0 Å². The van der Waals surface area contributed by atoms with Crippen LogP contribution in [0.15, 0.2) is 23.7 Å². The zero-order valence-corrected chi connectivity index (χ0v) is 8.93. The van der Waals surface area contributed by atoms with Crippen LogP contribution in [0.5, 0.6) is 0 Å². The fraction of sp³-hybridized carbons (Fsp3) is 0.200. The molecule has 72 valence electrons. The second-order valence-corrected chi connectivity index (χ2v) is 4.00. The zero-order chi connectivity index (χ0) is 9.97. The summed E-state index contributed by atoms with van der Waals surface area (Å²) >= 11 is 1.59. The summed E-state index contributed by atoms with van der Waals surface area (Å²) in [6, 6.07) is 3.97. The van der Waals surface area contributed by atoms with Crippen molar-refractivity contribution in [2.24, 2.45) is 0 Å². The van der Waals surface area contributed by atoms with Crippen LogP contribution in [0, 0.1) is 13.8 Å². The summed E-state index contributed by atoms with van der Waals surface area (Å²) in [7, 11) is 0. The van der Waals surface area contributed by atoms with E-state index in [1.54, 1.807) is 17.5 Å². The topological polar surface area (TPSA) is 37.8 Å². The van der Waals surface area contributed by atoms with Crippen molar-refractivity contribution >= 4 is 22.3 Å². The Hall–Kier alpha value is -1.42. The average Bonchev–Trinajstić information content (AvgIpc) is 2.51. The molecule has 14 heavy (non-hydrogen) atoms. The first kappa shape index (κ1) is 9.15. The van der Waals surface area contributed by atoms with Gasteiger partial charge in [0.15, 0.2) is 5.13 Å². The molecule has 1 N–H and O–H groups in total. The van der Waals surface area contributed by atoms with Gasteiger partial charge in [-0.1, -0.05) is 0 Å². The SMILES string of the molecule is Cc1ccnc(Nc2nc(C)cs2)c1. The number of thiazole rings is 1. The lowest BCUT2D eigenvalue weighted by Gasteiger charge is -2.01. The molecule has 2 aromatic rings. The maximum Gasteiger partial charge on any atom is 0.188 e. The molecule has 0 unspecified atom stereocenters. The van der Waals surface area contributed by atoms with Crippen LogP contribution in [0.1, 0.15) is 11.3 Å². The molecule has 0 bridgehead atoms. The maximum absolute atomic E-state index is 4.30. The van der Waals surface area contributed by atoms with Crippen LogP contribution in [0.25, 0.3) is 0 Å². The van der Waals surface area contributed by atoms with Gasteiger partial charge in [-0.05, 0) is 31.5 Å². The first-order chi connectivity index (χ1) is 6.74. The Kier molecular flexibility index (Phi) is 2.45. The van der Waals surface area contributed by atoms with Gasteiger partial charge in [-0.3, -0.25) is 0 Å². The minimum absolute atomic E-state index is 0.847. The highest BCUT2D eigenvalue weighted by Gasteiger charge is 1.99. The second-order valence-electron chi connectivity index (χ2n) is 3.14. The van der Waals surface area contributed by atoms with Crippen molar-refractivity contribution < 1.29 is 0 Å². The molecule has 4 heteroatoms. The number of rotatable bonds is 2. The van der Waals surface area contributed by atoms with Gasteiger partial charge < -0.3 is 5.32 Å². The Labute approximate surface area is 86.8 Å². The van der Waals surface area contributed by atoms with Gasteiger partial charge in [0.2, 0.25) is 0 Å².